The molecule has 1 aromatic rings. The maximum Gasteiger partial charge on any atom is 0.0469 e. The first kappa shape index (κ1) is 8.95. The van der Waals surface area contributed by atoms with Crippen molar-refractivity contribution >= 4 is 6.21 Å². The SMILES string of the molecule is CC1C=CC=C1N=Cc1ccccc1. The van der Waals surface area contributed by atoms with Gasteiger partial charge in [-0.1, -0.05) is 49.4 Å². The fourth-order valence-corrected chi connectivity index (χ4v) is 1.42. The predicted molar refractivity (Wildman–Crippen MR) is 60.4 cm³/mol. The van der Waals surface area contributed by atoms with E-state index in [0.717, 1.165) is 11.3 Å². The Bertz CT molecular complexity index is 385. The minimum atomic E-state index is 0.454. The Morgan fingerprint density at radius 3 is 2.64 bits per heavy atom. The Balaban J connectivity index is 2.09. The molecule has 1 atom stereocenters. The molecule has 0 amide bonds. The highest BCUT2D eigenvalue weighted by atomic mass is 14.7. The van der Waals surface area contributed by atoms with Crippen LogP contribution in [0.15, 0.2) is 59.2 Å². The van der Waals surface area contributed by atoms with Crippen molar-refractivity contribution in [2.24, 2.45) is 10.9 Å². The first-order valence-corrected chi connectivity index (χ1v) is 4.84. The van der Waals surface area contributed by atoms with Crippen molar-refractivity contribution < 1.29 is 0 Å². The van der Waals surface area contributed by atoms with Crippen LogP contribution in [0, 0.1) is 5.92 Å². The topological polar surface area (TPSA) is 12.4 Å². The lowest BCUT2D eigenvalue weighted by atomic mass is 10.1. The molecule has 1 aromatic carbocycles. The standard InChI is InChI=1S/C13H13N/c1-11-6-5-9-13(11)14-10-12-7-3-2-4-8-12/h2-11H,1H3. The Kier molecular flexibility index (Phi) is 2.59. The number of allylic oxidation sites excluding steroid dienone is 3. The van der Waals surface area contributed by atoms with Crippen molar-refractivity contribution in [1.82, 2.24) is 0 Å². The zero-order valence-corrected chi connectivity index (χ0v) is 8.22. The van der Waals surface area contributed by atoms with Gasteiger partial charge >= 0.3 is 0 Å². The third-order valence-electron chi connectivity index (χ3n) is 2.30. The zero-order valence-electron chi connectivity index (χ0n) is 8.22. The summed E-state index contributed by atoms with van der Waals surface area (Å²) in [5, 5.41) is 0. The summed E-state index contributed by atoms with van der Waals surface area (Å²) in [6.07, 6.45) is 8.18. The summed E-state index contributed by atoms with van der Waals surface area (Å²) in [5.41, 5.74) is 2.28. The molecule has 0 heterocycles. The molecule has 1 nitrogen and oxygen atoms in total. The largest absolute Gasteiger partial charge is 0.260 e. The second-order valence-electron chi connectivity index (χ2n) is 3.43. The summed E-state index contributed by atoms with van der Waals surface area (Å²) in [6.45, 7) is 2.15. The Morgan fingerprint density at radius 1 is 1.21 bits per heavy atom. The first-order chi connectivity index (χ1) is 6.86. The van der Waals surface area contributed by atoms with Crippen LogP contribution in [0.1, 0.15) is 12.5 Å². The van der Waals surface area contributed by atoms with E-state index in [0.29, 0.717) is 5.92 Å². The van der Waals surface area contributed by atoms with Crippen molar-refractivity contribution in [1.29, 1.82) is 0 Å². The average molecular weight is 183 g/mol. The van der Waals surface area contributed by atoms with E-state index in [1.165, 1.54) is 0 Å². The van der Waals surface area contributed by atoms with Gasteiger partial charge in [0.05, 0.1) is 0 Å². The molecule has 0 fully saturated rings. The molecule has 0 radical (unpaired) electrons. The van der Waals surface area contributed by atoms with Gasteiger partial charge in [-0.05, 0) is 11.6 Å². The Hall–Kier alpha value is -1.63. The third kappa shape index (κ3) is 1.99. The van der Waals surface area contributed by atoms with Gasteiger partial charge < -0.3 is 0 Å². The number of aliphatic imine (C=N–C) groups is 1. The second-order valence-corrected chi connectivity index (χ2v) is 3.43. The van der Waals surface area contributed by atoms with E-state index >= 15 is 0 Å². The minimum absolute atomic E-state index is 0.454. The molecule has 0 bridgehead atoms. The van der Waals surface area contributed by atoms with E-state index < -0.39 is 0 Å². The van der Waals surface area contributed by atoms with Gasteiger partial charge in [0.25, 0.3) is 0 Å². The number of nitrogens with zero attached hydrogens (tertiary/aromatic N) is 1. The molecule has 0 aliphatic heterocycles. The summed E-state index contributed by atoms with van der Waals surface area (Å²) in [5.74, 6) is 0.454. The lowest BCUT2D eigenvalue weighted by Gasteiger charge is -2.00. The molecular weight excluding hydrogens is 170 g/mol. The molecular formula is C13H13N. The first-order valence-electron chi connectivity index (χ1n) is 4.84. The maximum atomic E-state index is 4.45. The molecule has 2 rings (SSSR count). The van der Waals surface area contributed by atoms with Crippen molar-refractivity contribution in [3.05, 3.63) is 59.8 Å². The van der Waals surface area contributed by atoms with Gasteiger partial charge in [-0.15, -0.1) is 0 Å². The minimum Gasteiger partial charge on any atom is -0.260 e. The van der Waals surface area contributed by atoms with Crippen LogP contribution in [0.25, 0.3) is 0 Å². The summed E-state index contributed by atoms with van der Waals surface area (Å²) in [7, 11) is 0. The van der Waals surface area contributed by atoms with Crippen LogP contribution in [0.2, 0.25) is 0 Å². The van der Waals surface area contributed by atoms with Crippen LogP contribution in [-0.2, 0) is 0 Å². The molecule has 0 spiro atoms. The van der Waals surface area contributed by atoms with Gasteiger partial charge in [0, 0.05) is 17.8 Å². The second kappa shape index (κ2) is 4.05. The number of hydrogen-bond donors (Lipinski definition) is 0. The molecule has 0 N–H and O–H groups in total. The van der Waals surface area contributed by atoms with Crippen molar-refractivity contribution in [2.45, 2.75) is 6.92 Å². The average Bonchev–Trinajstić information content (AvgIpc) is 2.63. The summed E-state index contributed by atoms with van der Waals surface area (Å²) in [6, 6.07) is 10.2. The predicted octanol–water partition coefficient (Wildman–Crippen LogP) is 3.20. The van der Waals surface area contributed by atoms with Crippen molar-refractivity contribution in [2.75, 3.05) is 0 Å². The molecule has 1 unspecified atom stereocenters. The number of hydrogen-bond acceptors (Lipinski definition) is 1. The van der Waals surface area contributed by atoms with Crippen LogP contribution >= 0.6 is 0 Å². The van der Waals surface area contributed by atoms with E-state index in [2.05, 4.69) is 42.3 Å². The fraction of sp³-hybridized carbons (Fsp3) is 0.154. The lowest BCUT2D eigenvalue weighted by molar-refractivity contribution is 0.868. The highest BCUT2D eigenvalue weighted by molar-refractivity contribution is 5.80. The number of rotatable bonds is 2. The van der Waals surface area contributed by atoms with Gasteiger partial charge in [0.2, 0.25) is 0 Å². The van der Waals surface area contributed by atoms with Gasteiger partial charge in [0.1, 0.15) is 0 Å². The van der Waals surface area contributed by atoms with Gasteiger partial charge in [0.15, 0.2) is 0 Å². The van der Waals surface area contributed by atoms with E-state index in [1.807, 2.05) is 24.4 Å². The number of benzene rings is 1. The molecule has 0 saturated carbocycles. The normalized spacial score (nSPS) is 20.4. The molecule has 1 heteroatoms. The van der Waals surface area contributed by atoms with Crippen molar-refractivity contribution in [3.63, 3.8) is 0 Å². The molecule has 70 valence electrons. The third-order valence-corrected chi connectivity index (χ3v) is 2.30. The van der Waals surface area contributed by atoms with E-state index in [1.54, 1.807) is 0 Å². The lowest BCUT2D eigenvalue weighted by Crippen LogP contribution is -1.89. The highest BCUT2D eigenvalue weighted by Crippen LogP contribution is 2.19. The monoisotopic (exact) mass is 183 g/mol. The molecule has 1 aliphatic rings. The van der Waals surface area contributed by atoms with Crippen LogP contribution in [0.3, 0.4) is 0 Å². The Labute approximate surface area is 84.5 Å². The molecule has 0 saturated heterocycles. The van der Waals surface area contributed by atoms with Crippen LogP contribution in [-0.4, -0.2) is 6.21 Å². The smallest absolute Gasteiger partial charge is 0.0469 e. The summed E-state index contributed by atoms with van der Waals surface area (Å²) < 4.78 is 0. The van der Waals surface area contributed by atoms with Crippen molar-refractivity contribution in [3.8, 4) is 0 Å². The van der Waals surface area contributed by atoms with E-state index in [4.69, 9.17) is 0 Å². The van der Waals surface area contributed by atoms with Gasteiger partial charge in [-0.25, -0.2) is 0 Å². The van der Waals surface area contributed by atoms with Crippen LogP contribution in [0.5, 0.6) is 0 Å². The quantitative estimate of drug-likeness (QED) is 0.624. The van der Waals surface area contributed by atoms with E-state index in [-0.39, 0.29) is 0 Å². The zero-order chi connectivity index (χ0) is 9.80. The molecule has 0 aromatic heterocycles. The van der Waals surface area contributed by atoms with Gasteiger partial charge in [-0.3, -0.25) is 4.99 Å². The summed E-state index contributed by atoms with van der Waals surface area (Å²) >= 11 is 0. The van der Waals surface area contributed by atoms with Crippen LogP contribution in [0.4, 0.5) is 0 Å². The van der Waals surface area contributed by atoms with Gasteiger partial charge in [-0.2, -0.15) is 0 Å². The molecule has 1 aliphatic carbocycles. The van der Waals surface area contributed by atoms with Crippen LogP contribution < -0.4 is 0 Å². The van der Waals surface area contributed by atoms with E-state index in [9.17, 15) is 0 Å². The Morgan fingerprint density at radius 2 is 2.00 bits per heavy atom. The summed E-state index contributed by atoms with van der Waals surface area (Å²) in [4.78, 5) is 4.45. The fourth-order valence-electron chi connectivity index (χ4n) is 1.42. The highest BCUT2D eigenvalue weighted by Gasteiger charge is 2.06. The maximum absolute atomic E-state index is 4.45. The molecule has 14 heavy (non-hydrogen) atoms.